The Labute approximate surface area is 143 Å². The van der Waals surface area contributed by atoms with E-state index >= 15 is 0 Å². The lowest BCUT2D eigenvalue weighted by atomic mass is 10.1. The molecule has 25 heavy (non-hydrogen) atoms. The van der Waals surface area contributed by atoms with Crippen molar-refractivity contribution in [1.82, 2.24) is 5.32 Å². The van der Waals surface area contributed by atoms with E-state index in [1.165, 1.54) is 30.5 Å². The molecule has 1 aromatic carbocycles. The molecule has 0 unspecified atom stereocenters. The van der Waals surface area contributed by atoms with Crippen molar-refractivity contribution in [1.29, 1.82) is 0 Å². The summed E-state index contributed by atoms with van der Waals surface area (Å²) < 4.78 is 15.5. The molecule has 0 radical (unpaired) electrons. The van der Waals surface area contributed by atoms with Crippen molar-refractivity contribution in [3.63, 3.8) is 0 Å². The summed E-state index contributed by atoms with van der Waals surface area (Å²) in [4.78, 5) is 34.3. The Bertz CT molecular complexity index is 684. The number of hydrogen-bond acceptors (Lipinski definition) is 8. The summed E-state index contributed by atoms with van der Waals surface area (Å²) in [5.74, 6) is -1.40. The molecule has 2 rings (SSSR count). The van der Waals surface area contributed by atoms with Crippen LogP contribution >= 0.6 is 0 Å². The maximum absolute atomic E-state index is 12.1. The number of nitrogens with one attached hydrogen (secondary N) is 1. The Balaban J connectivity index is 2.24. The molecule has 134 valence electrons. The van der Waals surface area contributed by atoms with Crippen molar-refractivity contribution < 1.29 is 28.7 Å². The van der Waals surface area contributed by atoms with Gasteiger partial charge in [0.2, 0.25) is 0 Å². The van der Waals surface area contributed by atoms with E-state index in [0.717, 1.165) is 0 Å². The van der Waals surface area contributed by atoms with Gasteiger partial charge < -0.3 is 19.5 Å². The van der Waals surface area contributed by atoms with E-state index in [4.69, 9.17) is 14.2 Å². The SMILES string of the molecule is CCOC(=O)C1=CN[C@@H](c2ccc([N+](=O)[O-])cc2)O[C@@H]1C(=O)OCC. The van der Waals surface area contributed by atoms with Crippen molar-refractivity contribution in [3.8, 4) is 0 Å². The van der Waals surface area contributed by atoms with Gasteiger partial charge in [0.1, 0.15) is 0 Å². The van der Waals surface area contributed by atoms with Crippen molar-refractivity contribution >= 4 is 17.6 Å². The third kappa shape index (κ3) is 4.32. The van der Waals surface area contributed by atoms with E-state index in [0.29, 0.717) is 5.56 Å². The molecule has 0 saturated carbocycles. The molecule has 1 aliphatic rings. The summed E-state index contributed by atoms with van der Waals surface area (Å²) in [7, 11) is 0. The van der Waals surface area contributed by atoms with Gasteiger partial charge in [0, 0.05) is 23.9 Å². The molecular weight excluding hydrogens is 332 g/mol. The van der Waals surface area contributed by atoms with Crippen LogP contribution in [0.4, 0.5) is 5.69 Å². The zero-order chi connectivity index (χ0) is 18.4. The number of nitro groups is 1. The maximum atomic E-state index is 12.1. The zero-order valence-corrected chi connectivity index (χ0v) is 13.8. The second-order valence-electron chi connectivity index (χ2n) is 4.98. The summed E-state index contributed by atoms with van der Waals surface area (Å²) >= 11 is 0. The van der Waals surface area contributed by atoms with E-state index in [-0.39, 0.29) is 24.5 Å². The van der Waals surface area contributed by atoms with E-state index in [9.17, 15) is 19.7 Å². The topological polar surface area (TPSA) is 117 Å². The fraction of sp³-hybridized carbons (Fsp3) is 0.375. The van der Waals surface area contributed by atoms with Crippen LogP contribution in [0.5, 0.6) is 0 Å². The number of benzene rings is 1. The predicted octanol–water partition coefficient (Wildman–Crippen LogP) is 1.59. The third-order valence-electron chi connectivity index (χ3n) is 3.36. The Morgan fingerprint density at radius 1 is 1.20 bits per heavy atom. The van der Waals surface area contributed by atoms with Gasteiger partial charge in [-0.3, -0.25) is 10.1 Å². The average molecular weight is 350 g/mol. The van der Waals surface area contributed by atoms with Crippen LogP contribution in [0.3, 0.4) is 0 Å². The minimum Gasteiger partial charge on any atom is -0.464 e. The van der Waals surface area contributed by atoms with Gasteiger partial charge in [0.25, 0.3) is 5.69 Å². The van der Waals surface area contributed by atoms with Gasteiger partial charge in [0.05, 0.1) is 23.7 Å². The number of carbonyl (C=O) groups is 2. The molecule has 1 aromatic rings. The van der Waals surface area contributed by atoms with Crippen LogP contribution in [0, 0.1) is 10.1 Å². The number of rotatable bonds is 6. The lowest BCUT2D eigenvalue weighted by molar-refractivity contribution is -0.384. The highest BCUT2D eigenvalue weighted by Crippen LogP contribution is 2.26. The number of nitrogens with zero attached hydrogens (tertiary/aromatic N) is 1. The number of hydrogen-bond donors (Lipinski definition) is 1. The fourth-order valence-corrected chi connectivity index (χ4v) is 2.22. The first-order valence-corrected chi connectivity index (χ1v) is 7.67. The molecule has 0 spiro atoms. The highest BCUT2D eigenvalue weighted by atomic mass is 16.6. The number of carbonyl (C=O) groups excluding carboxylic acids is 2. The Kier molecular flexibility index (Phi) is 6.07. The highest BCUT2D eigenvalue weighted by Gasteiger charge is 2.36. The molecule has 0 bridgehead atoms. The third-order valence-corrected chi connectivity index (χ3v) is 3.36. The van der Waals surface area contributed by atoms with Crippen LogP contribution in [0.15, 0.2) is 36.0 Å². The van der Waals surface area contributed by atoms with Gasteiger partial charge in [-0.1, -0.05) is 0 Å². The Morgan fingerprint density at radius 2 is 1.84 bits per heavy atom. The monoisotopic (exact) mass is 350 g/mol. The first kappa shape index (κ1) is 18.4. The van der Waals surface area contributed by atoms with Crippen molar-refractivity contribution in [2.75, 3.05) is 13.2 Å². The fourth-order valence-electron chi connectivity index (χ4n) is 2.22. The van der Waals surface area contributed by atoms with Crippen molar-refractivity contribution in [2.45, 2.75) is 26.2 Å². The molecule has 0 fully saturated rings. The molecule has 0 amide bonds. The van der Waals surface area contributed by atoms with Crippen molar-refractivity contribution in [3.05, 3.63) is 51.7 Å². The van der Waals surface area contributed by atoms with Gasteiger partial charge in [0.15, 0.2) is 12.3 Å². The maximum Gasteiger partial charge on any atom is 0.340 e. The molecule has 0 aromatic heterocycles. The molecule has 1 heterocycles. The summed E-state index contributed by atoms with van der Waals surface area (Å²) in [6.07, 6.45) is -0.677. The molecule has 9 heteroatoms. The average Bonchev–Trinajstić information content (AvgIpc) is 2.61. The van der Waals surface area contributed by atoms with Crippen LogP contribution < -0.4 is 5.32 Å². The first-order valence-electron chi connectivity index (χ1n) is 7.67. The van der Waals surface area contributed by atoms with Crippen LogP contribution in [0.25, 0.3) is 0 Å². The van der Waals surface area contributed by atoms with Gasteiger partial charge in [-0.05, 0) is 26.0 Å². The minimum absolute atomic E-state index is 0.00142. The largest absolute Gasteiger partial charge is 0.464 e. The molecule has 0 saturated heterocycles. The second-order valence-corrected chi connectivity index (χ2v) is 4.98. The van der Waals surface area contributed by atoms with Crippen LogP contribution in [-0.4, -0.2) is 36.2 Å². The molecule has 0 aliphatic carbocycles. The van der Waals surface area contributed by atoms with Crippen LogP contribution in [0.2, 0.25) is 0 Å². The highest BCUT2D eigenvalue weighted by molar-refractivity contribution is 5.97. The lowest BCUT2D eigenvalue weighted by Gasteiger charge is -2.29. The zero-order valence-electron chi connectivity index (χ0n) is 13.8. The van der Waals surface area contributed by atoms with Gasteiger partial charge >= 0.3 is 11.9 Å². The molecular formula is C16H18N2O7. The van der Waals surface area contributed by atoms with E-state index in [2.05, 4.69) is 5.32 Å². The summed E-state index contributed by atoms with van der Waals surface area (Å²) in [5, 5.41) is 13.6. The van der Waals surface area contributed by atoms with Gasteiger partial charge in [-0.15, -0.1) is 0 Å². The van der Waals surface area contributed by atoms with Crippen molar-refractivity contribution in [2.24, 2.45) is 0 Å². The smallest absolute Gasteiger partial charge is 0.340 e. The summed E-state index contributed by atoms with van der Waals surface area (Å²) in [5.41, 5.74) is 0.488. The number of ether oxygens (including phenoxy) is 3. The second kappa shape index (κ2) is 8.25. The molecule has 1 N–H and O–H groups in total. The standard InChI is InChI=1S/C16H18N2O7/c1-3-23-15(19)12-9-17-14(25-13(12)16(20)24-4-2)10-5-7-11(8-6-10)18(21)22/h5-9,13-14,17H,3-4H2,1-2H3/t13-,14+/m0/s1. The van der Waals surface area contributed by atoms with Gasteiger partial charge in [-0.2, -0.15) is 0 Å². The quantitative estimate of drug-likeness (QED) is 0.467. The Hall–Kier alpha value is -2.94. The van der Waals surface area contributed by atoms with Crippen LogP contribution in [0.1, 0.15) is 25.6 Å². The van der Waals surface area contributed by atoms with E-state index < -0.39 is 29.2 Å². The van der Waals surface area contributed by atoms with E-state index in [1.807, 2.05) is 0 Å². The van der Waals surface area contributed by atoms with Crippen LogP contribution in [-0.2, 0) is 23.8 Å². The number of nitro benzene ring substituents is 1. The normalized spacial score (nSPS) is 19.4. The molecule has 9 nitrogen and oxygen atoms in total. The Morgan fingerprint density at radius 3 is 2.40 bits per heavy atom. The first-order chi connectivity index (χ1) is 12.0. The summed E-state index contributed by atoms with van der Waals surface area (Å²) in [6, 6.07) is 5.65. The van der Waals surface area contributed by atoms with E-state index in [1.54, 1.807) is 13.8 Å². The molecule has 1 aliphatic heterocycles. The number of non-ortho nitro benzene ring substituents is 1. The molecule has 2 atom stereocenters. The number of esters is 2. The lowest BCUT2D eigenvalue weighted by Crippen LogP contribution is -2.41. The van der Waals surface area contributed by atoms with Gasteiger partial charge in [-0.25, -0.2) is 9.59 Å². The summed E-state index contributed by atoms with van der Waals surface area (Å²) in [6.45, 7) is 3.57. The minimum atomic E-state index is -1.25. The predicted molar refractivity (Wildman–Crippen MR) is 85.2 cm³/mol.